The van der Waals surface area contributed by atoms with E-state index in [0.717, 1.165) is 28.9 Å². The highest BCUT2D eigenvalue weighted by Gasteiger charge is 2.30. The molecule has 0 saturated heterocycles. The maximum Gasteiger partial charge on any atom is 0.167 e. The molecule has 3 nitrogen and oxygen atoms in total. The van der Waals surface area contributed by atoms with Crippen molar-refractivity contribution < 1.29 is 4.79 Å². The normalized spacial score (nSPS) is 18.5. The molecule has 0 amide bonds. The minimum atomic E-state index is 0.178. The van der Waals surface area contributed by atoms with Gasteiger partial charge in [0.05, 0.1) is 17.0 Å². The summed E-state index contributed by atoms with van der Waals surface area (Å²) < 4.78 is 1.78. The minimum absolute atomic E-state index is 0.178. The predicted octanol–water partition coefficient (Wildman–Crippen LogP) is 3.51. The monoisotopic (exact) mass is 274 g/mol. The molecule has 3 rings (SSSR count). The quantitative estimate of drug-likeness (QED) is 0.798. The van der Waals surface area contributed by atoms with Crippen molar-refractivity contribution in [3.63, 3.8) is 0 Å². The van der Waals surface area contributed by atoms with Crippen LogP contribution < -0.4 is 0 Å². The van der Waals surface area contributed by atoms with Gasteiger partial charge in [0.25, 0.3) is 0 Å². The van der Waals surface area contributed by atoms with Crippen LogP contribution in [0, 0.1) is 5.92 Å². The first-order chi connectivity index (χ1) is 9.08. The van der Waals surface area contributed by atoms with E-state index in [2.05, 4.69) is 12.0 Å². The zero-order valence-corrected chi connectivity index (χ0v) is 11.7. The first-order valence-electron chi connectivity index (χ1n) is 6.42. The molecule has 0 fully saturated rings. The van der Waals surface area contributed by atoms with Gasteiger partial charge in [-0.25, -0.2) is 0 Å². The Balaban J connectivity index is 2.24. The van der Waals surface area contributed by atoms with Gasteiger partial charge >= 0.3 is 0 Å². The van der Waals surface area contributed by atoms with Gasteiger partial charge in [0.15, 0.2) is 5.78 Å². The molecule has 0 radical (unpaired) electrons. The number of carbonyl (C=O) groups excluding carboxylic acids is 1. The van der Waals surface area contributed by atoms with Crippen LogP contribution in [0.1, 0.15) is 29.4 Å². The van der Waals surface area contributed by atoms with Crippen molar-refractivity contribution in [2.75, 3.05) is 0 Å². The number of ketones is 1. The summed E-state index contributed by atoms with van der Waals surface area (Å²) in [6.07, 6.45) is 1.45. The molecule has 1 atom stereocenters. The third-order valence-electron chi connectivity index (χ3n) is 3.60. The minimum Gasteiger partial charge on any atom is -0.294 e. The highest BCUT2D eigenvalue weighted by atomic mass is 35.5. The van der Waals surface area contributed by atoms with E-state index in [4.69, 9.17) is 11.6 Å². The number of carbonyl (C=O) groups is 1. The SMILES string of the molecule is CC1CC(=O)c2c(nn(C)c2-c2ccccc2Cl)C1. The van der Waals surface area contributed by atoms with E-state index >= 15 is 0 Å². The highest BCUT2D eigenvalue weighted by Crippen LogP contribution is 2.35. The first kappa shape index (κ1) is 12.4. The Labute approximate surface area is 117 Å². The fraction of sp³-hybridized carbons (Fsp3) is 0.333. The Morgan fingerprint density at radius 3 is 2.79 bits per heavy atom. The van der Waals surface area contributed by atoms with Crippen LogP contribution in [0.3, 0.4) is 0 Å². The van der Waals surface area contributed by atoms with Gasteiger partial charge in [-0.2, -0.15) is 5.10 Å². The van der Waals surface area contributed by atoms with Gasteiger partial charge in [0.1, 0.15) is 0 Å². The average Bonchev–Trinajstić information content (AvgIpc) is 2.66. The van der Waals surface area contributed by atoms with E-state index in [1.807, 2.05) is 31.3 Å². The lowest BCUT2D eigenvalue weighted by Gasteiger charge is -2.16. The summed E-state index contributed by atoms with van der Waals surface area (Å²) >= 11 is 6.25. The molecule has 0 bridgehead atoms. The number of nitrogens with zero attached hydrogens (tertiary/aromatic N) is 2. The zero-order valence-electron chi connectivity index (χ0n) is 11.0. The van der Waals surface area contributed by atoms with Crippen molar-refractivity contribution in [2.24, 2.45) is 13.0 Å². The van der Waals surface area contributed by atoms with Crippen LogP contribution in [-0.2, 0) is 13.5 Å². The fourth-order valence-corrected chi connectivity index (χ4v) is 3.02. The molecule has 1 aliphatic rings. The van der Waals surface area contributed by atoms with Crippen LogP contribution in [0.4, 0.5) is 0 Å². The van der Waals surface area contributed by atoms with Crippen LogP contribution in [0.2, 0.25) is 5.02 Å². The van der Waals surface area contributed by atoms with Crippen LogP contribution in [-0.4, -0.2) is 15.6 Å². The molecular weight excluding hydrogens is 260 g/mol. The molecule has 98 valence electrons. The van der Waals surface area contributed by atoms with Gasteiger partial charge in [0.2, 0.25) is 0 Å². The van der Waals surface area contributed by atoms with Crippen molar-refractivity contribution in [3.8, 4) is 11.3 Å². The van der Waals surface area contributed by atoms with Crippen molar-refractivity contribution >= 4 is 17.4 Å². The molecule has 0 saturated carbocycles. The highest BCUT2D eigenvalue weighted by molar-refractivity contribution is 6.33. The van der Waals surface area contributed by atoms with Crippen LogP contribution in [0.15, 0.2) is 24.3 Å². The Bertz CT molecular complexity index is 660. The lowest BCUT2D eigenvalue weighted by Crippen LogP contribution is -2.17. The number of hydrogen-bond donors (Lipinski definition) is 0. The van der Waals surface area contributed by atoms with Gasteiger partial charge in [-0.1, -0.05) is 36.7 Å². The predicted molar refractivity (Wildman–Crippen MR) is 75.5 cm³/mol. The molecule has 19 heavy (non-hydrogen) atoms. The maximum atomic E-state index is 12.3. The van der Waals surface area contributed by atoms with Gasteiger partial charge in [-0.15, -0.1) is 0 Å². The summed E-state index contributed by atoms with van der Waals surface area (Å²) in [6.45, 7) is 2.09. The summed E-state index contributed by atoms with van der Waals surface area (Å²) in [5.74, 6) is 0.547. The lowest BCUT2D eigenvalue weighted by molar-refractivity contribution is 0.0954. The molecule has 1 heterocycles. The van der Waals surface area contributed by atoms with E-state index in [9.17, 15) is 4.79 Å². The number of benzene rings is 1. The number of halogens is 1. The van der Waals surface area contributed by atoms with Crippen LogP contribution in [0.25, 0.3) is 11.3 Å². The van der Waals surface area contributed by atoms with Gasteiger partial charge < -0.3 is 0 Å². The third-order valence-corrected chi connectivity index (χ3v) is 3.93. The van der Waals surface area contributed by atoms with Crippen molar-refractivity contribution in [3.05, 3.63) is 40.5 Å². The number of aromatic nitrogens is 2. The molecule has 2 aromatic rings. The van der Waals surface area contributed by atoms with Crippen LogP contribution >= 0.6 is 11.6 Å². The summed E-state index contributed by atoms with van der Waals surface area (Å²) in [4.78, 5) is 12.3. The second-order valence-corrected chi connectivity index (χ2v) is 5.62. The second kappa shape index (κ2) is 4.49. The lowest BCUT2D eigenvalue weighted by atomic mass is 9.86. The summed E-state index contributed by atoms with van der Waals surface area (Å²) in [5.41, 5.74) is 3.38. The largest absolute Gasteiger partial charge is 0.294 e. The molecular formula is C15H15ClN2O. The molecule has 1 aromatic carbocycles. The van der Waals surface area contributed by atoms with Gasteiger partial charge in [-0.05, 0) is 18.4 Å². The molecule has 0 aliphatic heterocycles. The Hall–Kier alpha value is -1.61. The molecule has 1 aliphatic carbocycles. The Morgan fingerprint density at radius 2 is 2.05 bits per heavy atom. The molecule has 1 aromatic heterocycles. The Kier molecular flexibility index (Phi) is 2.94. The molecule has 0 spiro atoms. The standard InChI is InChI=1S/C15H15ClN2O/c1-9-7-12-14(13(19)8-9)15(18(2)17-12)10-5-3-4-6-11(10)16/h3-6,9H,7-8H2,1-2H3. The summed E-state index contributed by atoms with van der Waals surface area (Å²) in [5, 5.41) is 5.16. The second-order valence-electron chi connectivity index (χ2n) is 5.21. The number of rotatable bonds is 1. The van der Waals surface area contributed by atoms with E-state index in [-0.39, 0.29) is 5.78 Å². The van der Waals surface area contributed by atoms with Crippen LogP contribution in [0.5, 0.6) is 0 Å². The van der Waals surface area contributed by atoms with Gasteiger partial charge in [-0.3, -0.25) is 9.48 Å². The molecule has 4 heteroatoms. The topological polar surface area (TPSA) is 34.9 Å². The maximum absolute atomic E-state index is 12.3. The van der Waals surface area contributed by atoms with Crippen molar-refractivity contribution in [1.29, 1.82) is 0 Å². The summed E-state index contributed by atoms with van der Waals surface area (Å²) in [7, 11) is 1.87. The van der Waals surface area contributed by atoms with E-state index in [0.29, 0.717) is 17.4 Å². The number of Topliss-reactive ketones (excluding diaryl/α,β-unsaturated/α-hetero) is 1. The number of aryl methyl sites for hydroxylation is 1. The fourth-order valence-electron chi connectivity index (χ4n) is 2.80. The smallest absolute Gasteiger partial charge is 0.167 e. The average molecular weight is 275 g/mol. The van der Waals surface area contributed by atoms with E-state index in [1.54, 1.807) is 4.68 Å². The Morgan fingerprint density at radius 1 is 1.32 bits per heavy atom. The van der Waals surface area contributed by atoms with E-state index in [1.165, 1.54) is 0 Å². The molecule has 0 N–H and O–H groups in total. The first-order valence-corrected chi connectivity index (χ1v) is 6.79. The number of hydrogen-bond acceptors (Lipinski definition) is 2. The summed E-state index contributed by atoms with van der Waals surface area (Å²) in [6, 6.07) is 7.59. The van der Waals surface area contributed by atoms with Crippen molar-refractivity contribution in [2.45, 2.75) is 19.8 Å². The molecule has 1 unspecified atom stereocenters. The van der Waals surface area contributed by atoms with Crippen molar-refractivity contribution in [1.82, 2.24) is 9.78 Å². The number of fused-ring (bicyclic) bond motifs is 1. The van der Waals surface area contributed by atoms with E-state index < -0.39 is 0 Å². The zero-order chi connectivity index (χ0) is 13.6. The van der Waals surface area contributed by atoms with Gasteiger partial charge in [0, 0.05) is 24.1 Å². The third kappa shape index (κ3) is 1.98.